The number of nitrogens with zero attached hydrogens (tertiary/aromatic N) is 2. The predicted octanol–water partition coefficient (Wildman–Crippen LogP) is 3.40. The van der Waals surface area contributed by atoms with Gasteiger partial charge in [-0.25, -0.2) is 4.99 Å². The molecule has 3 N–H and O–H groups in total. The van der Waals surface area contributed by atoms with Gasteiger partial charge in [0.25, 0.3) is 11.5 Å². The minimum atomic E-state index is -0.536. The van der Waals surface area contributed by atoms with Gasteiger partial charge in [-0.3, -0.25) is 4.79 Å². The first-order valence-corrected chi connectivity index (χ1v) is 7.66. The molecule has 1 heterocycles. The molecule has 0 bridgehead atoms. The van der Waals surface area contributed by atoms with Crippen LogP contribution < -0.4 is 5.73 Å². The van der Waals surface area contributed by atoms with Crippen molar-refractivity contribution in [3.63, 3.8) is 0 Å². The van der Waals surface area contributed by atoms with Crippen molar-refractivity contribution in [1.82, 2.24) is 0 Å². The number of aliphatic imine (C=N–C) groups is 1. The maximum atomic E-state index is 14.3. The highest BCUT2D eigenvalue weighted by molar-refractivity contribution is 6.69. The first-order valence-electron chi connectivity index (χ1n) is 7.66. The number of nitrogens with one attached hydrogen (secondary N) is 1. The van der Waals surface area contributed by atoms with E-state index in [0.717, 1.165) is 6.21 Å². The van der Waals surface area contributed by atoms with Gasteiger partial charge in [0.15, 0.2) is 12.0 Å². The number of halogens is 1. The van der Waals surface area contributed by atoms with Gasteiger partial charge in [0.2, 0.25) is 5.69 Å². The monoisotopic (exact) mass is 335 g/mol. The van der Waals surface area contributed by atoms with Crippen molar-refractivity contribution < 1.29 is 13.8 Å². The van der Waals surface area contributed by atoms with E-state index >= 15 is 0 Å². The van der Waals surface area contributed by atoms with Crippen LogP contribution in [0.15, 0.2) is 65.8 Å². The molecule has 0 radical (unpaired) electrons. The molecule has 0 aromatic heterocycles. The van der Waals surface area contributed by atoms with Gasteiger partial charge in [0, 0.05) is 30.5 Å². The maximum absolute atomic E-state index is 14.3. The number of hydrogen-bond donors (Lipinski definition) is 2. The summed E-state index contributed by atoms with van der Waals surface area (Å²) in [5, 5.41) is 7.41. The van der Waals surface area contributed by atoms with E-state index in [-0.39, 0.29) is 23.6 Å². The Morgan fingerprint density at radius 2 is 2.00 bits per heavy atom. The van der Waals surface area contributed by atoms with E-state index in [1.54, 1.807) is 18.2 Å². The van der Waals surface area contributed by atoms with E-state index in [4.69, 9.17) is 11.1 Å². The SMILES string of the molecule is N=CCC(=Nc1ccccc1)C1=[N+](c2ccc(N)cc2F)C=CC1=O. The summed E-state index contributed by atoms with van der Waals surface area (Å²) in [5.41, 5.74) is 7.39. The predicted molar refractivity (Wildman–Crippen MR) is 96.8 cm³/mol. The van der Waals surface area contributed by atoms with Crippen molar-refractivity contribution in [3.05, 3.63) is 66.6 Å². The standard InChI is InChI=1S/C19H15FN4O/c20-15-12-13(22)6-7-17(15)24-11-9-18(25)19(24)16(8-10-21)23-14-4-2-1-3-5-14/h1-7,9-12,21H,8H2,(H-,22,23,25)/p+1. The molecule has 0 unspecified atom stereocenters. The van der Waals surface area contributed by atoms with Gasteiger partial charge < -0.3 is 11.1 Å². The molecule has 0 atom stereocenters. The van der Waals surface area contributed by atoms with Gasteiger partial charge >= 0.3 is 0 Å². The second-order valence-electron chi connectivity index (χ2n) is 5.41. The van der Waals surface area contributed by atoms with E-state index in [1.807, 2.05) is 18.2 Å². The Balaban J connectivity index is 2.16. The molecular weight excluding hydrogens is 319 g/mol. The van der Waals surface area contributed by atoms with Crippen LogP contribution >= 0.6 is 0 Å². The molecule has 1 aliphatic rings. The van der Waals surface area contributed by atoms with Crippen LogP contribution in [0.3, 0.4) is 0 Å². The van der Waals surface area contributed by atoms with Gasteiger partial charge in [-0.1, -0.05) is 18.2 Å². The number of nitrogen functional groups attached to an aromatic ring is 1. The topological polar surface area (TPSA) is 82.3 Å². The first-order chi connectivity index (χ1) is 12.1. The van der Waals surface area contributed by atoms with Crippen molar-refractivity contribution >= 4 is 40.5 Å². The lowest BCUT2D eigenvalue weighted by Crippen LogP contribution is -2.27. The van der Waals surface area contributed by atoms with Crippen LogP contribution in [0.1, 0.15) is 6.42 Å². The maximum Gasteiger partial charge on any atom is 0.281 e. The Hall–Kier alpha value is -3.41. The molecule has 0 saturated carbocycles. The van der Waals surface area contributed by atoms with Gasteiger partial charge in [0.05, 0.1) is 11.8 Å². The number of benzene rings is 2. The van der Waals surface area contributed by atoms with Crippen LogP contribution in [0.25, 0.3) is 0 Å². The fourth-order valence-electron chi connectivity index (χ4n) is 2.57. The molecule has 0 spiro atoms. The molecule has 1 aliphatic heterocycles. The molecule has 2 aromatic carbocycles. The lowest BCUT2D eigenvalue weighted by atomic mass is 10.1. The fourth-order valence-corrected chi connectivity index (χ4v) is 2.57. The summed E-state index contributed by atoms with van der Waals surface area (Å²) in [7, 11) is 0. The van der Waals surface area contributed by atoms with Crippen LogP contribution in [-0.4, -0.2) is 28.0 Å². The van der Waals surface area contributed by atoms with E-state index in [9.17, 15) is 9.18 Å². The number of rotatable bonds is 5. The number of hydrogen-bond acceptors (Lipinski definition) is 4. The lowest BCUT2D eigenvalue weighted by molar-refractivity contribution is -0.356. The van der Waals surface area contributed by atoms with Crippen molar-refractivity contribution in [1.29, 1.82) is 5.41 Å². The number of anilines is 1. The molecule has 2 aromatic rings. The van der Waals surface area contributed by atoms with Crippen molar-refractivity contribution in [2.75, 3.05) is 5.73 Å². The smallest absolute Gasteiger partial charge is 0.281 e. The summed E-state index contributed by atoms with van der Waals surface area (Å²) in [4.78, 5) is 16.9. The Morgan fingerprint density at radius 1 is 1.24 bits per heavy atom. The Morgan fingerprint density at radius 3 is 2.68 bits per heavy atom. The summed E-state index contributed by atoms with van der Waals surface area (Å²) in [5.74, 6) is -0.821. The molecule has 124 valence electrons. The Labute approximate surface area is 144 Å². The average Bonchev–Trinajstić information content (AvgIpc) is 2.97. The van der Waals surface area contributed by atoms with E-state index in [1.165, 1.54) is 29.0 Å². The molecule has 3 rings (SSSR count). The molecular formula is C19H16FN4O+. The largest absolute Gasteiger partial charge is 0.399 e. The molecule has 0 saturated heterocycles. The van der Waals surface area contributed by atoms with Crippen molar-refractivity contribution in [2.45, 2.75) is 6.42 Å². The molecule has 25 heavy (non-hydrogen) atoms. The van der Waals surface area contributed by atoms with Gasteiger partial charge in [-0.2, -0.15) is 8.97 Å². The normalized spacial score (nSPS) is 14.3. The number of carbonyl (C=O) groups excluding carboxylic acids is 1. The van der Waals surface area contributed by atoms with E-state index in [2.05, 4.69) is 4.99 Å². The number of nitrogens with two attached hydrogens (primary N) is 1. The summed E-state index contributed by atoms with van der Waals surface area (Å²) in [6.45, 7) is 0. The molecule has 0 fully saturated rings. The van der Waals surface area contributed by atoms with Crippen molar-refractivity contribution in [3.8, 4) is 0 Å². The minimum absolute atomic E-state index is 0.157. The van der Waals surface area contributed by atoms with Crippen LogP contribution in [0.5, 0.6) is 0 Å². The highest BCUT2D eigenvalue weighted by Gasteiger charge is 2.34. The zero-order valence-corrected chi connectivity index (χ0v) is 13.3. The quantitative estimate of drug-likeness (QED) is 0.499. The first kappa shape index (κ1) is 16.4. The van der Waals surface area contributed by atoms with Crippen molar-refractivity contribution in [2.24, 2.45) is 4.99 Å². The Kier molecular flexibility index (Phi) is 4.61. The van der Waals surface area contributed by atoms with E-state index < -0.39 is 5.82 Å². The summed E-state index contributed by atoms with van der Waals surface area (Å²) >= 11 is 0. The molecule has 0 amide bonds. The number of carbonyl (C=O) groups is 1. The van der Waals surface area contributed by atoms with Crippen LogP contribution in [0, 0.1) is 11.2 Å². The number of allylic oxidation sites excluding steroid dienone is 1. The lowest BCUT2D eigenvalue weighted by Gasteiger charge is -2.04. The van der Waals surface area contributed by atoms with Gasteiger partial charge in [0.1, 0.15) is 5.71 Å². The summed E-state index contributed by atoms with van der Waals surface area (Å²) < 4.78 is 15.8. The number of ketones is 1. The molecule has 0 aliphatic carbocycles. The molecule has 6 heteroatoms. The fraction of sp³-hybridized carbons (Fsp3) is 0.0526. The van der Waals surface area contributed by atoms with Gasteiger partial charge in [-0.15, -0.1) is 0 Å². The highest BCUT2D eigenvalue weighted by Crippen LogP contribution is 2.23. The van der Waals surface area contributed by atoms with Crippen LogP contribution in [0.2, 0.25) is 0 Å². The third kappa shape index (κ3) is 3.42. The van der Waals surface area contributed by atoms with Crippen LogP contribution in [0.4, 0.5) is 21.5 Å². The summed E-state index contributed by atoms with van der Waals surface area (Å²) in [6, 6.07) is 13.4. The third-order valence-electron chi connectivity index (χ3n) is 3.67. The zero-order chi connectivity index (χ0) is 17.8. The van der Waals surface area contributed by atoms with Gasteiger partial charge in [-0.05, 0) is 18.2 Å². The summed E-state index contributed by atoms with van der Waals surface area (Å²) in [6.07, 6.45) is 4.18. The zero-order valence-electron chi connectivity index (χ0n) is 13.3. The average molecular weight is 335 g/mol. The second kappa shape index (κ2) is 7.00. The van der Waals surface area contributed by atoms with Crippen LogP contribution in [-0.2, 0) is 4.79 Å². The highest BCUT2D eigenvalue weighted by atomic mass is 19.1. The van der Waals surface area contributed by atoms with E-state index in [0.29, 0.717) is 17.1 Å². The minimum Gasteiger partial charge on any atom is -0.399 e. The Bertz CT molecular complexity index is 930. The second-order valence-corrected chi connectivity index (χ2v) is 5.41. The number of para-hydroxylation sites is 1. The molecule has 5 nitrogen and oxygen atoms in total. The third-order valence-corrected chi connectivity index (χ3v) is 3.67.